The van der Waals surface area contributed by atoms with E-state index in [1.165, 1.54) is 12.1 Å². The highest BCUT2D eigenvalue weighted by molar-refractivity contribution is 5.96. The second kappa shape index (κ2) is 6.08. The molecule has 0 spiro atoms. The Bertz CT molecular complexity index is 609. The summed E-state index contributed by atoms with van der Waals surface area (Å²) in [4.78, 5) is 11.9. The molecule has 0 atom stereocenters. The second-order valence-electron chi connectivity index (χ2n) is 4.40. The van der Waals surface area contributed by atoms with Crippen molar-refractivity contribution in [3.63, 3.8) is 0 Å². The average molecular weight is 272 g/mol. The predicted octanol–water partition coefficient (Wildman–Crippen LogP) is 1.49. The van der Waals surface area contributed by atoms with Gasteiger partial charge in [-0.3, -0.25) is 4.79 Å². The van der Waals surface area contributed by atoms with Gasteiger partial charge in [0.05, 0.1) is 5.56 Å². The predicted molar refractivity (Wildman–Crippen MR) is 75.3 cm³/mol. The third kappa shape index (κ3) is 3.27. The number of carbonyl (C=O) groups is 1. The van der Waals surface area contributed by atoms with Gasteiger partial charge in [-0.2, -0.15) is 0 Å². The fraction of sp³-hybridized carbons (Fsp3) is 0.133. The van der Waals surface area contributed by atoms with Gasteiger partial charge in [-0.15, -0.1) is 0 Å². The Hall–Kier alpha value is -2.53. The molecule has 2 rings (SSSR count). The maximum atomic E-state index is 11.9. The van der Waals surface area contributed by atoms with Crippen molar-refractivity contribution >= 4 is 5.91 Å². The number of nitrogens with one attached hydrogen (secondary N) is 1. The average Bonchev–Trinajstić information content (AvgIpc) is 2.45. The summed E-state index contributed by atoms with van der Waals surface area (Å²) in [6, 6.07) is 11.4. The zero-order valence-electron chi connectivity index (χ0n) is 10.8. The van der Waals surface area contributed by atoms with Crippen LogP contribution in [0.4, 0.5) is 0 Å². The lowest BCUT2D eigenvalue weighted by atomic mass is 10.1. The molecule has 0 heterocycles. The third-order valence-electron chi connectivity index (χ3n) is 2.94. The number of carbonyl (C=O) groups excluding carboxylic acids is 1. The van der Waals surface area contributed by atoms with Gasteiger partial charge in [0.1, 0.15) is 11.5 Å². The van der Waals surface area contributed by atoms with Crippen LogP contribution in [-0.2, 0) is 13.1 Å². The molecule has 0 unspecified atom stereocenters. The molecule has 5 nitrogen and oxygen atoms in total. The summed E-state index contributed by atoms with van der Waals surface area (Å²) in [6.07, 6.45) is 0. The van der Waals surface area contributed by atoms with E-state index in [0.717, 1.165) is 17.2 Å². The third-order valence-corrected chi connectivity index (χ3v) is 2.94. The lowest BCUT2D eigenvalue weighted by Gasteiger charge is -2.08. The maximum Gasteiger partial charge on any atom is 0.255 e. The van der Waals surface area contributed by atoms with Gasteiger partial charge in [-0.25, -0.2) is 0 Å². The summed E-state index contributed by atoms with van der Waals surface area (Å²) >= 11 is 0. The smallest absolute Gasteiger partial charge is 0.255 e. The van der Waals surface area contributed by atoms with E-state index in [1.807, 2.05) is 24.3 Å². The first-order valence-corrected chi connectivity index (χ1v) is 6.18. The molecule has 2 aromatic rings. The van der Waals surface area contributed by atoms with Gasteiger partial charge >= 0.3 is 0 Å². The molecule has 0 saturated carbocycles. The summed E-state index contributed by atoms with van der Waals surface area (Å²) in [7, 11) is 0. The maximum absolute atomic E-state index is 11.9. The molecule has 0 radical (unpaired) electrons. The number of hydrogen-bond donors (Lipinski definition) is 4. The number of phenolic OH excluding ortho intramolecular Hbond substituents is 2. The Kier molecular flexibility index (Phi) is 4.22. The number of phenols is 2. The summed E-state index contributed by atoms with van der Waals surface area (Å²) in [5.74, 6) is -0.734. The van der Waals surface area contributed by atoms with Crippen LogP contribution in [0.1, 0.15) is 21.5 Å². The molecule has 0 fully saturated rings. The molecule has 1 amide bonds. The van der Waals surface area contributed by atoms with Crippen LogP contribution in [-0.4, -0.2) is 16.1 Å². The van der Waals surface area contributed by atoms with E-state index in [2.05, 4.69) is 5.32 Å². The fourth-order valence-electron chi connectivity index (χ4n) is 1.78. The van der Waals surface area contributed by atoms with Gasteiger partial charge < -0.3 is 21.3 Å². The standard InChI is InChI=1S/C15H16N2O3/c16-8-10-1-3-11(4-2-10)9-17-15(20)13-6-5-12(18)7-14(13)19/h1-7,18-19H,8-9,16H2,(H,17,20). The van der Waals surface area contributed by atoms with E-state index < -0.39 is 5.91 Å². The number of rotatable bonds is 4. The normalized spacial score (nSPS) is 10.2. The first-order chi connectivity index (χ1) is 9.60. The van der Waals surface area contributed by atoms with Gasteiger partial charge in [-0.1, -0.05) is 24.3 Å². The Balaban J connectivity index is 2.00. The largest absolute Gasteiger partial charge is 0.508 e. The van der Waals surface area contributed by atoms with Crippen LogP contribution in [0.15, 0.2) is 42.5 Å². The van der Waals surface area contributed by atoms with Gasteiger partial charge in [0, 0.05) is 19.2 Å². The Labute approximate surface area is 116 Å². The van der Waals surface area contributed by atoms with Crippen molar-refractivity contribution in [2.24, 2.45) is 5.73 Å². The van der Waals surface area contributed by atoms with E-state index >= 15 is 0 Å². The van der Waals surface area contributed by atoms with Gasteiger partial charge in [0.2, 0.25) is 0 Å². The minimum absolute atomic E-state index is 0.0866. The minimum Gasteiger partial charge on any atom is -0.508 e. The van der Waals surface area contributed by atoms with E-state index in [4.69, 9.17) is 5.73 Å². The monoisotopic (exact) mass is 272 g/mol. The van der Waals surface area contributed by atoms with Crippen LogP contribution in [0.25, 0.3) is 0 Å². The fourth-order valence-corrected chi connectivity index (χ4v) is 1.78. The highest BCUT2D eigenvalue weighted by Gasteiger charge is 2.11. The molecular weight excluding hydrogens is 256 g/mol. The van der Waals surface area contributed by atoms with Gasteiger partial charge in [-0.05, 0) is 23.3 Å². The SMILES string of the molecule is NCc1ccc(CNC(=O)c2ccc(O)cc2O)cc1. The first-order valence-electron chi connectivity index (χ1n) is 6.18. The number of aromatic hydroxyl groups is 2. The number of hydrogen-bond acceptors (Lipinski definition) is 4. The van der Waals surface area contributed by atoms with Gasteiger partial charge in [0.15, 0.2) is 0 Å². The van der Waals surface area contributed by atoms with Crippen molar-refractivity contribution < 1.29 is 15.0 Å². The van der Waals surface area contributed by atoms with Crippen molar-refractivity contribution in [3.8, 4) is 11.5 Å². The highest BCUT2D eigenvalue weighted by Crippen LogP contribution is 2.22. The zero-order valence-corrected chi connectivity index (χ0v) is 10.8. The topological polar surface area (TPSA) is 95.6 Å². The molecule has 0 bridgehead atoms. The van der Waals surface area contributed by atoms with Crippen LogP contribution < -0.4 is 11.1 Å². The van der Waals surface area contributed by atoms with Crippen molar-refractivity contribution in [3.05, 3.63) is 59.2 Å². The van der Waals surface area contributed by atoms with Gasteiger partial charge in [0.25, 0.3) is 5.91 Å². The zero-order chi connectivity index (χ0) is 14.5. The van der Waals surface area contributed by atoms with Crippen LogP contribution in [0.2, 0.25) is 0 Å². The Morgan fingerprint density at radius 3 is 2.30 bits per heavy atom. The summed E-state index contributed by atoms with van der Waals surface area (Å²) < 4.78 is 0. The Morgan fingerprint density at radius 1 is 1.05 bits per heavy atom. The number of benzene rings is 2. The van der Waals surface area contributed by atoms with E-state index in [9.17, 15) is 15.0 Å². The number of amides is 1. The molecule has 0 aromatic heterocycles. The molecule has 104 valence electrons. The molecule has 0 aliphatic carbocycles. The molecule has 0 aliphatic heterocycles. The van der Waals surface area contributed by atoms with Crippen LogP contribution in [0, 0.1) is 0 Å². The molecular formula is C15H16N2O3. The summed E-state index contributed by atoms with van der Waals surface area (Å²) in [5.41, 5.74) is 7.60. The van der Waals surface area contributed by atoms with E-state index in [-0.39, 0.29) is 17.1 Å². The molecule has 20 heavy (non-hydrogen) atoms. The first kappa shape index (κ1) is 13.9. The molecule has 5 N–H and O–H groups in total. The molecule has 0 aliphatic rings. The van der Waals surface area contributed by atoms with Crippen molar-refractivity contribution in [2.45, 2.75) is 13.1 Å². The van der Waals surface area contributed by atoms with Crippen LogP contribution in [0.5, 0.6) is 11.5 Å². The lowest BCUT2D eigenvalue weighted by Crippen LogP contribution is -2.22. The van der Waals surface area contributed by atoms with Crippen LogP contribution >= 0.6 is 0 Å². The second-order valence-corrected chi connectivity index (χ2v) is 4.40. The minimum atomic E-state index is -0.398. The van der Waals surface area contributed by atoms with Crippen molar-refractivity contribution in [1.29, 1.82) is 0 Å². The summed E-state index contributed by atoms with van der Waals surface area (Å²) in [5, 5.41) is 21.5. The number of nitrogens with two attached hydrogens (primary N) is 1. The van der Waals surface area contributed by atoms with Crippen molar-refractivity contribution in [2.75, 3.05) is 0 Å². The molecule has 5 heteroatoms. The van der Waals surface area contributed by atoms with Crippen molar-refractivity contribution in [1.82, 2.24) is 5.32 Å². The van der Waals surface area contributed by atoms with E-state index in [0.29, 0.717) is 13.1 Å². The molecule has 0 saturated heterocycles. The van der Waals surface area contributed by atoms with E-state index in [1.54, 1.807) is 0 Å². The lowest BCUT2D eigenvalue weighted by molar-refractivity contribution is 0.0948. The van der Waals surface area contributed by atoms with Crippen LogP contribution in [0.3, 0.4) is 0 Å². The molecule has 2 aromatic carbocycles. The summed E-state index contributed by atoms with van der Waals surface area (Å²) in [6.45, 7) is 0.831. The Morgan fingerprint density at radius 2 is 1.70 bits per heavy atom. The quantitative estimate of drug-likeness (QED) is 0.678. The highest BCUT2D eigenvalue weighted by atomic mass is 16.3.